The minimum absolute atomic E-state index is 0.0534. The number of aliphatic imine (C=N–C) groups is 1. The number of thioether (sulfide) groups is 1. The number of amides is 1. The van der Waals surface area contributed by atoms with Crippen molar-refractivity contribution in [1.29, 1.82) is 0 Å². The number of nitrogens with one attached hydrogen (secondary N) is 1. The summed E-state index contributed by atoms with van der Waals surface area (Å²) in [5, 5.41) is 7.74. The molecule has 31 heavy (non-hydrogen) atoms. The van der Waals surface area contributed by atoms with E-state index >= 15 is 0 Å². The molecule has 0 bridgehead atoms. The van der Waals surface area contributed by atoms with Gasteiger partial charge in [-0.1, -0.05) is 48.2 Å². The molecule has 1 amide bonds. The fourth-order valence-electron chi connectivity index (χ4n) is 3.70. The number of esters is 1. The fraction of sp³-hybridized carbons (Fsp3) is 0.261. The number of carbonyl (C=O) groups is 2. The zero-order valence-corrected chi connectivity index (χ0v) is 19.0. The molecule has 4 rings (SSSR count). The molecule has 0 aliphatic carbocycles. The number of hydrogen-bond donors (Lipinski definition) is 1. The minimum Gasteiger partial charge on any atom is -0.466 e. The van der Waals surface area contributed by atoms with E-state index in [0.29, 0.717) is 17.8 Å². The molecule has 8 heteroatoms. The number of rotatable bonds is 7. The van der Waals surface area contributed by atoms with Crippen LogP contribution in [0, 0.1) is 0 Å². The highest BCUT2D eigenvalue weighted by atomic mass is 32.2. The van der Waals surface area contributed by atoms with E-state index in [2.05, 4.69) is 16.4 Å². The summed E-state index contributed by atoms with van der Waals surface area (Å²) in [5.74, 6) is -0.465. The number of benzene rings is 1. The van der Waals surface area contributed by atoms with Crippen LogP contribution < -0.4 is 5.32 Å². The number of hydrogen-bond acceptors (Lipinski definition) is 7. The average Bonchev–Trinajstić information content (AvgIpc) is 3.43. The SMILES string of the molecule is COC(=O)C1=C(C)N=C2SC=C(CC(=O)NCCc3cccs3)N2C1c1ccccc1. The maximum Gasteiger partial charge on any atom is 0.338 e. The van der Waals surface area contributed by atoms with Crippen molar-refractivity contribution in [2.45, 2.75) is 25.8 Å². The number of amidine groups is 1. The van der Waals surface area contributed by atoms with Crippen LogP contribution in [0.1, 0.15) is 29.8 Å². The Labute approximate surface area is 189 Å². The highest BCUT2D eigenvalue weighted by Crippen LogP contribution is 2.44. The van der Waals surface area contributed by atoms with Crippen molar-refractivity contribution in [3.8, 4) is 0 Å². The molecule has 1 atom stereocenters. The molecule has 0 spiro atoms. The molecule has 0 fully saturated rings. The molecule has 1 aromatic carbocycles. The Hall–Kier alpha value is -2.84. The van der Waals surface area contributed by atoms with E-state index < -0.39 is 5.97 Å². The Morgan fingerprint density at radius 3 is 2.71 bits per heavy atom. The van der Waals surface area contributed by atoms with Gasteiger partial charge in [0.2, 0.25) is 5.91 Å². The van der Waals surface area contributed by atoms with Gasteiger partial charge in [0.15, 0.2) is 5.17 Å². The zero-order chi connectivity index (χ0) is 21.8. The van der Waals surface area contributed by atoms with Gasteiger partial charge in [-0.15, -0.1) is 11.3 Å². The van der Waals surface area contributed by atoms with Gasteiger partial charge in [0, 0.05) is 17.1 Å². The van der Waals surface area contributed by atoms with E-state index in [0.717, 1.165) is 22.8 Å². The second-order valence-electron chi connectivity index (χ2n) is 7.15. The van der Waals surface area contributed by atoms with Gasteiger partial charge in [-0.2, -0.15) is 0 Å². The number of methoxy groups -OCH3 is 1. The largest absolute Gasteiger partial charge is 0.466 e. The van der Waals surface area contributed by atoms with Crippen LogP contribution in [0.3, 0.4) is 0 Å². The summed E-state index contributed by atoms with van der Waals surface area (Å²) in [5.41, 5.74) is 2.89. The van der Waals surface area contributed by atoms with Gasteiger partial charge < -0.3 is 15.0 Å². The number of fused-ring (bicyclic) bond motifs is 1. The third-order valence-electron chi connectivity index (χ3n) is 5.14. The molecule has 2 aliphatic rings. The van der Waals surface area contributed by atoms with Gasteiger partial charge in [0.1, 0.15) is 0 Å². The van der Waals surface area contributed by atoms with Gasteiger partial charge in [-0.25, -0.2) is 9.79 Å². The Bertz CT molecular complexity index is 1060. The average molecular weight is 454 g/mol. The van der Waals surface area contributed by atoms with E-state index in [1.807, 2.05) is 59.0 Å². The molecule has 2 aliphatic heterocycles. The first-order valence-electron chi connectivity index (χ1n) is 9.95. The van der Waals surface area contributed by atoms with E-state index in [-0.39, 0.29) is 18.4 Å². The lowest BCUT2D eigenvalue weighted by Gasteiger charge is -2.36. The van der Waals surface area contributed by atoms with Gasteiger partial charge in [0.25, 0.3) is 0 Å². The lowest BCUT2D eigenvalue weighted by Crippen LogP contribution is -2.38. The highest BCUT2D eigenvalue weighted by molar-refractivity contribution is 8.16. The van der Waals surface area contributed by atoms with Gasteiger partial charge in [-0.3, -0.25) is 4.79 Å². The summed E-state index contributed by atoms with van der Waals surface area (Å²) in [7, 11) is 1.38. The van der Waals surface area contributed by atoms with Crippen LogP contribution in [0.4, 0.5) is 0 Å². The molecule has 2 aromatic rings. The maximum absolute atomic E-state index is 12.7. The molecule has 1 unspecified atom stereocenters. The molecule has 6 nitrogen and oxygen atoms in total. The van der Waals surface area contributed by atoms with Crippen molar-refractivity contribution in [3.05, 3.63) is 80.7 Å². The zero-order valence-electron chi connectivity index (χ0n) is 17.3. The van der Waals surface area contributed by atoms with Crippen LogP contribution in [0.5, 0.6) is 0 Å². The number of ether oxygens (including phenoxy) is 1. The molecule has 0 saturated carbocycles. The van der Waals surface area contributed by atoms with Crippen LogP contribution in [0.25, 0.3) is 0 Å². The predicted molar refractivity (Wildman–Crippen MR) is 124 cm³/mol. The van der Waals surface area contributed by atoms with Gasteiger partial charge >= 0.3 is 5.97 Å². The summed E-state index contributed by atoms with van der Waals surface area (Å²) in [6.45, 7) is 2.41. The van der Waals surface area contributed by atoms with Crippen molar-refractivity contribution in [3.63, 3.8) is 0 Å². The summed E-state index contributed by atoms with van der Waals surface area (Å²) < 4.78 is 5.07. The standard InChI is InChI=1S/C23H23N3O3S2/c1-15-20(22(28)29-2)21(16-7-4-3-5-8-16)26-17(14-31-23(26)25-15)13-19(27)24-11-10-18-9-6-12-30-18/h3-9,12,14,21H,10-11,13H2,1-2H3,(H,24,27). The van der Waals surface area contributed by atoms with Crippen LogP contribution in [-0.4, -0.2) is 35.6 Å². The van der Waals surface area contributed by atoms with Crippen molar-refractivity contribution in [1.82, 2.24) is 10.2 Å². The molecular weight excluding hydrogens is 430 g/mol. The molecule has 3 heterocycles. The Kier molecular flexibility index (Phi) is 6.58. The van der Waals surface area contributed by atoms with Crippen LogP contribution in [0.15, 0.2) is 75.2 Å². The van der Waals surface area contributed by atoms with Crippen molar-refractivity contribution in [2.75, 3.05) is 13.7 Å². The summed E-state index contributed by atoms with van der Waals surface area (Å²) in [6.07, 6.45) is 1.03. The van der Waals surface area contributed by atoms with Crippen LogP contribution >= 0.6 is 23.1 Å². The molecule has 160 valence electrons. The molecule has 0 saturated heterocycles. The van der Waals surface area contributed by atoms with Crippen molar-refractivity contribution < 1.29 is 14.3 Å². The maximum atomic E-state index is 12.7. The summed E-state index contributed by atoms with van der Waals surface area (Å²) in [6, 6.07) is 13.5. The summed E-state index contributed by atoms with van der Waals surface area (Å²) >= 11 is 3.16. The lowest BCUT2D eigenvalue weighted by molar-refractivity contribution is -0.136. The molecule has 0 radical (unpaired) electrons. The van der Waals surface area contributed by atoms with E-state index in [4.69, 9.17) is 4.74 Å². The first-order chi connectivity index (χ1) is 15.1. The number of thiophene rings is 1. The number of allylic oxidation sites excluding steroid dienone is 1. The monoisotopic (exact) mass is 453 g/mol. The van der Waals surface area contributed by atoms with Crippen LogP contribution in [0.2, 0.25) is 0 Å². The Morgan fingerprint density at radius 2 is 2.00 bits per heavy atom. The first-order valence-corrected chi connectivity index (χ1v) is 11.7. The van der Waals surface area contributed by atoms with Crippen LogP contribution in [-0.2, 0) is 20.7 Å². The molecule has 1 aromatic heterocycles. The van der Waals surface area contributed by atoms with Crippen molar-refractivity contribution >= 4 is 40.1 Å². The molecular formula is C23H23N3O3S2. The normalized spacial score (nSPS) is 17.7. The second-order valence-corrected chi connectivity index (χ2v) is 9.02. The Balaban J connectivity index is 1.54. The van der Waals surface area contributed by atoms with E-state index in [1.54, 1.807) is 11.3 Å². The van der Waals surface area contributed by atoms with E-state index in [9.17, 15) is 9.59 Å². The third-order valence-corrected chi connectivity index (χ3v) is 6.96. The highest BCUT2D eigenvalue weighted by Gasteiger charge is 2.40. The topological polar surface area (TPSA) is 71.0 Å². The first kappa shape index (κ1) is 21.4. The van der Waals surface area contributed by atoms with Gasteiger partial charge in [-0.05, 0) is 35.8 Å². The quantitative estimate of drug-likeness (QED) is 0.635. The Morgan fingerprint density at radius 1 is 1.19 bits per heavy atom. The summed E-state index contributed by atoms with van der Waals surface area (Å²) in [4.78, 5) is 33.2. The number of carbonyl (C=O) groups excluding carboxylic acids is 2. The number of nitrogens with zero attached hydrogens (tertiary/aromatic N) is 2. The predicted octanol–water partition coefficient (Wildman–Crippen LogP) is 4.25. The smallest absolute Gasteiger partial charge is 0.338 e. The minimum atomic E-state index is -0.411. The van der Waals surface area contributed by atoms with Crippen molar-refractivity contribution in [2.24, 2.45) is 4.99 Å². The second kappa shape index (κ2) is 9.53. The van der Waals surface area contributed by atoms with Gasteiger partial charge in [0.05, 0.1) is 30.8 Å². The van der Waals surface area contributed by atoms with E-state index in [1.165, 1.54) is 23.7 Å². The lowest BCUT2D eigenvalue weighted by atomic mass is 9.94. The molecule has 1 N–H and O–H groups in total. The third kappa shape index (κ3) is 4.60. The fourth-order valence-corrected chi connectivity index (χ4v) is 5.37.